The Hall–Kier alpha value is -0.860. The highest BCUT2D eigenvalue weighted by atomic mass is 16.5. The Morgan fingerprint density at radius 3 is 2.39 bits per heavy atom. The van der Waals surface area contributed by atoms with Crippen LogP contribution in [-0.2, 0) is 10.2 Å². The van der Waals surface area contributed by atoms with Crippen LogP contribution in [-0.4, -0.2) is 26.8 Å². The standard InChI is InChI=1S/C16H23NO/c1-18-12-16(8-9-16)15-4-2-13(3-5-15)14-6-10-17-11-7-14/h2-5,14,17H,6-12H2,1H3. The Balaban J connectivity index is 1.72. The van der Waals surface area contributed by atoms with Crippen LogP contribution < -0.4 is 5.32 Å². The summed E-state index contributed by atoms with van der Waals surface area (Å²) in [5.74, 6) is 0.762. The highest BCUT2D eigenvalue weighted by molar-refractivity contribution is 5.35. The highest BCUT2D eigenvalue weighted by Crippen LogP contribution is 2.48. The van der Waals surface area contributed by atoms with Crippen molar-refractivity contribution in [2.45, 2.75) is 37.0 Å². The van der Waals surface area contributed by atoms with Gasteiger partial charge in [0.25, 0.3) is 0 Å². The van der Waals surface area contributed by atoms with Crippen LogP contribution in [0.2, 0.25) is 0 Å². The molecule has 18 heavy (non-hydrogen) atoms. The van der Waals surface area contributed by atoms with Gasteiger partial charge in [0.2, 0.25) is 0 Å². The van der Waals surface area contributed by atoms with E-state index in [0.29, 0.717) is 5.41 Å². The van der Waals surface area contributed by atoms with Crippen molar-refractivity contribution in [3.8, 4) is 0 Å². The van der Waals surface area contributed by atoms with E-state index >= 15 is 0 Å². The number of hydrogen-bond acceptors (Lipinski definition) is 2. The third-order valence-corrected chi connectivity index (χ3v) is 4.61. The highest BCUT2D eigenvalue weighted by Gasteiger charge is 2.44. The fraction of sp³-hybridized carbons (Fsp3) is 0.625. The van der Waals surface area contributed by atoms with Crippen molar-refractivity contribution in [1.29, 1.82) is 0 Å². The fourth-order valence-electron chi connectivity index (χ4n) is 3.21. The Morgan fingerprint density at radius 1 is 1.17 bits per heavy atom. The molecule has 0 bridgehead atoms. The molecule has 2 fully saturated rings. The average Bonchev–Trinajstić information content (AvgIpc) is 3.21. The summed E-state index contributed by atoms with van der Waals surface area (Å²) in [5, 5.41) is 3.43. The molecule has 1 aliphatic carbocycles. The first-order valence-electron chi connectivity index (χ1n) is 7.14. The first kappa shape index (κ1) is 12.2. The molecule has 1 N–H and O–H groups in total. The topological polar surface area (TPSA) is 21.3 Å². The van der Waals surface area contributed by atoms with E-state index in [1.54, 1.807) is 0 Å². The number of rotatable bonds is 4. The monoisotopic (exact) mass is 245 g/mol. The Labute approximate surface area is 110 Å². The molecule has 3 rings (SSSR count). The fourth-order valence-corrected chi connectivity index (χ4v) is 3.21. The minimum atomic E-state index is 0.349. The lowest BCUT2D eigenvalue weighted by Gasteiger charge is -2.23. The maximum Gasteiger partial charge on any atom is 0.0559 e. The van der Waals surface area contributed by atoms with Crippen molar-refractivity contribution in [1.82, 2.24) is 5.32 Å². The number of nitrogens with one attached hydrogen (secondary N) is 1. The zero-order valence-corrected chi connectivity index (χ0v) is 11.2. The van der Waals surface area contributed by atoms with Gasteiger partial charge in [0.05, 0.1) is 6.61 Å². The summed E-state index contributed by atoms with van der Waals surface area (Å²) in [4.78, 5) is 0. The van der Waals surface area contributed by atoms with Crippen LogP contribution in [0.25, 0.3) is 0 Å². The Morgan fingerprint density at radius 2 is 1.83 bits per heavy atom. The van der Waals surface area contributed by atoms with Crippen LogP contribution in [0.15, 0.2) is 24.3 Å². The maximum absolute atomic E-state index is 5.36. The summed E-state index contributed by atoms with van der Waals surface area (Å²) in [6.45, 7) is 3.21. The molecule has 1 saturated heterocycles. The van der Waals surface area contributed by atoms with Gasteiger partial charge < -0.3 is 10.1 Å². The van der Waals surface area contributed by atoms with Crippen molar-refractivity contribution in [3.05, 3.63) is 35.4 Å². The van der Waals surface area contributed by atoms with E-state index in [1.165, 1.54) is 49.9 Å². The molecule has 1 heterocycles. The number of benzene rings is 1. The van der Waals surface area contributed by atoms with Crippen LogP contribution in [0, 0.1) is 0 Å². The Kier molecular flexibility index (Phi) is 3.40. The molecule has 0 amide bonds. The smallest absolute Gasteiger partial charge is 0.0559 e. The summed E-state index contributed by atoms with van der Waals surface area (Å²) in [6.07, 6.45) is 5.13. The van der Waals surface area contributed by atoms with E-state index in [4.69, 9.17) is 4.74 Å². The quantitative estimate of drug-likeness (QED) is 0.880. The predicted molar refractivity (Wildman–Crippen MR) is 74.1 cm³/mol. The van der Waals surface area contributed by atoms with Gasteiger partial charge in [-0.25, -0.2) is 0 Å². The largest absolute Gasteiger partial charge is 0.384 e. The normalized spacial score (nSPS) is 22.9. The van der Waals surface area contributed by atoms with Crippen molar-refractivity contribution in [3.63, 3.8) is 0 Å². The van der Waals surface area contributed by atoms with Crippen molar-refractivity contribution in [2.24, 2.45) is 0 Å². The van der Waals surface area contributed by atoms with Crippen LogP contribution in [0.1, 0.15) is 42.7 Å². The van der Waals surface area contributed by atoms with Crippen molar-refractivity contribution < 1.29 is 4.74 Å². The van der Waals surface area contributed by atoms with Gasteiger partial charge in [0.15, 0.2) is 0 Å². The number of piperidine rings is 1. The van der Waals surface area contributed by atoms with E-state index in [2.05, 4.69) is 29.6 Å². The molecule has 0 atom stereocenters. The summed E-state index contributed by atoms with van der Waals surface area (Å²) in [6, 6.07) is 9.37. The SMILES string of the molecule is COCC1(c2ccc(C3CCNCC3)cc2)CC1. The molecule has 2 aliphatic rings. The molecule has 1 aliphatic heterocycles. The van der Waals surface area contributed by atoms with E-state index in [-0.39, 0.29) is 0 Å². The van der Waals surface area contributed by atoms with E-state index < -0.39 is 0 Å². The van der Waals surface area contributed by atoms with Gasteiger partial charge in [-0.1, -0.05) is 24.3 Å². The molecule has 98 valence electrons. The van der Waals surface area contributed by atoms with Crippen LogP contribution in [0.3, 0.4) is 0 Å². The van der Waals surface area contributed by atoms with Crippen LogP contribution in [0.5, 0.6) is 0 Å². The van der Waals surface area contributed by atoms with Gasteiger partial charge in [0.1, 0.15) is 0 Å². The minimum Gasteiger partial charge on any atom is -0.384 e. The third-order valence-electron chi connectivity index (χ3n) is 4.61. The van der Waals surface area contributed by atoms with Gasteiger partial charge in [-0.15, -0.1) is 0 Å². The van der Waals surface area contributed by atoms with Gasteiger partial charge >= 0.3 is 0 Å². The number of hydrogen-bond donors (Lipinski definition) is 1. The molecule has 0 aromatic heterocycles. The summed E-state index contributed by atoms with van der Waals surface area (Å²) in [5.41, 5.74) is 3.34. The van der Waals surface area contributed by atoms with E-state index in [9.17, 15) is 0 Å². The van der Waals surface area contributed by atoms with Gasteiger partial charge in [-0.05, 0) is 55.8 Å². The molecule has 2 heteroatoms. The first-order valence-corrected chi connectivity index (χ1v) is 7.14. The van der Waals surface area contributed by atoms with E-state index in [0.717, 1.165) is 12.5 Å². The third kappa shape index (κ3) is 2.32. The molecule has 0 unspecified atom stereocenters. The lowest BCUT2D eigenvalue weighted by atomic mass is 9.88. The van der Waals surface area contributed by atoms with Gasteiger partial charge in [0, 0.05) is 12.5 Å². The second kappa shape index (κ2) is 5.02. The number of methoxy groups -OCH3 is 1. The lowest BCUT2D eigenvalue weighted by Crippen LogP contribution is -2.26. The first-order chi connectivity index (χ1) is 8.84. The van der Waals surface area contributed by atoms with Gasteiger partial charge in [-0.3, -0.25) is 0 Å². The zero-order chi connectivity index (χ0) is 12.4. The summed E-state index contributed by atoms with van der Waals surface area (Å²) in [7, 11) is 1.81. The summed E-state index contributed by atoms with van der Waals surface area (Å²) >= 11 is 0. The van der Waals surface area contributed by atoms with Crippen molar-refractivity contribution >= 4 is 0 Å². The second-order valence-electron chi connectivity index (χ2n) is 5.86. The predicted octanol–water partition coefficient (Wildman–Crippen LogP) is 2.83. The molecule has 1 aromatic rings. The average molecular weight is 245 g/mol. The lowest BCUT2D eigenvalue weighted by molar-refractivity contribution is 0.171. The molecule has 1 saturated carbocycles. The molecule has 0 radical (unpaired) electrons. The van der Waals surface area contributed by atoms with Crippen molar-refractivity contribution in [2.75, 3.05) is 26.8 Å². The summed E-state index contributed by atoms with van der Waals surface area (Å²) < 4.78 is 5.36. The Bertz CT molecular complexity index is 388. The molecule has 2 nitrogen and oxygen atoms in total. The molecule has 0 spiro atoms. The molecular weight excluding hydrogens is 222 g/mol. The maximum atomic E-state index is 5.36. The van der Waals surface area contributed by atoms with Crippen LogP contribution >= 0.6 is 0 Å². The van der Waals surface area contributed by atoms with E-state index in [1.807, 2.05) is 7.11 Å². The zero-order valence-electron chi connectivity index (χ0n) is 11.2. The van der Waals surface area contributed by atoms with Gasteiger partial charge in [-0.2, -0.15) is 0 Å². The molecule has 1 aromatic carbocycles. The molecular formula is C16H23NO. The van der Waals surface area contributed by atoms with Crippen LogP contribution in [0.4, 0.5) is 0 Å². The second-order valence-corrected chi connectivity index (χ2v) is 5.86. The minimum absolute atomic E-state index is 0.349. The number of ether oxygens (including phenoxy) is 1.